The van der Waals surface area contributed by atoms with Crippen molar-refractivity contribution in [3.63, 3.8) is 0 Å². The molecule has 1 aliphatic rings. The number of Topliss-reactive ketones (excluding diaryl/α,β-unsaturated/α-hetero) is 1. The number of anilines is 1. The van der Waals surface area contributed by atoms with Crippen LogP contribution >= 0.6 is 0 Å². The van der Waals surface area contributed by atoms with Gasteiger partial charge in [0.25, 0.3) is 10.0 Å². The summed E-state index contributed by atoms with van der Waals surface area (Å²) >= 11 is 0. The molecule has 0 aromatic heterocycles. The van der Waals surface area contributed by atoms with Crippen LogP contribution in [0.2, 0.25) is 0 Å². The number of carbonyl (C=O) groups excluding carboxylic acids is 1. The molecule has 1 heterocycles. The van der Waals surface area contributed by atoms with Crippen LogP contribution in [0, 0.1) is 13.8 Å². The second kappa shape index (κ2) is 6.53. The van der Waals surface area contributed by atoms with Gasteiger partial charge < -0.3 is 5.32 Å². The predicted octanol–water partition coefficient (Wildman–Crippen LogP) is 4.09. The number of nitrogens with one attached hydrogen (secondary N) is 1. The third-order valence-corrected chi connectivity index (χ3v) is 5.95. The van der Waals surface area contributed by atoms with E-state index in [-0.39, 0.29) is 16.5 Å². The zero-order chi connectivity index (χ0) is 19.1. The number of sulfonamides is 1. The van der Waals surface area contributed by atoms with Crippen LogP contribution < -0.4 is 5.32 Å². The molecule has 2 aromatic carbocycles. The highest BCUT2D eigenvalue weighted by molar-refractivity contribution is 8.00. The molecule has 5 nitrogen and oxygen atoms in total. The standard InChI is InChI=1S/C20H20N2O3S/c1-12-8-9-17(10-13(12)2)19-14(3)20(22-26(19,24)25)21-18-7-5-6-16(11-18)15(4)23/h5-11H,1-4H3,(H,21,22). The number of aryl methyl sites for hydroxylation is 2. The Balaban J connectivity index is 2.02. The number of hydrogen-bond acceptors (Lipinski definition) is 4. The van der Waals surface area contributed by atoms with E-state index in [0.717, 1.165) is 11.1 Å². The van der Waals surface area contributed by atoms with Gasteiger partial charge in [-0.05, 0) is 56.5 Å². The van der Waals surface area contributed by atoms with E-state index in [0.29, 0.717) is 22.4 Å². The molecule has 0 unspecified atom stereocenters. The summed E-state index contributed by atoms with van der Waals surface area (Å²) in [6.07, 6.45) is 0. The van der Waals surface area contributed by atoms with Crippen LogP contribution in [0.3, 0.4) is 0 Å². The van der Waals surface area contributed by atoms with Gasteiger partial charge >= 0.3 is 0 Å². The van der Waals surface area contributed by atoms with Gasteiger partial charge in [0.05, 0.1) is 0 Å². The Bertz CT molecular complexity index is 1080. The summed E-state index contributed by atoms with van der Waals surface area (Å²) in [5.41, 5.74) is 4.47. The van der Waals surface area contributed by atoms with Crippen molar-refractivity contribution in [2.75, 3.05) is 5.32 Å². The van der Waals surface area contributed by atoms with Gasteiger partial charge in [0.2, 0.25) is 0 Å². The van der Waals surface area contributed by atoms with Gasteiger partial charge in [-0.25, -0.2) is 0 Å². The monoisotopic (exact) mass is 368 g/mol. The summed E-state index contributed by atoms with van der Waals surface area (Å²) in [7, 11) is -3.78. The topological polar surface area (TPSA) is 75.6 Å². The van der Waals surface area contributed by atoms with Crippen molar-refractivity contribution in [2.24, 2.45) is 4.40 Å². The van der Waals surface area contributed by atoms with Gasteiger partial charge in [0.15, 0.2) is 5.78 Å². The highest BCUT2D eigenvalue weighted by Crippen LogP contribution is 2.33. The molecule has 0 aliphatic carbocycles. The zero-order valence-corrected chi connectivity index (χ0v) is 15.9. The van der Waals surface area contributed by atoms with Crippen molar-refractivity contribution < 1.29 is 13.2 Å². The Hall–Kier alpha value is -2.73. The molecule has 2 aromatic rings. The molecule has 0 spiro atoms. The fourth-order valence-electron chi connectivity index (χ4n) is 2.85. The number of carbonyl (C=O) groups is 1. The third kappa shape index (κ3) is 3.32. The molecule has 0 amide bonds. The normalized spacial score (nSPS) is 15.8. The van der Waals surface area contributed by atoms with E-state index >= 15 is 0 Å². The second-order valence-corrected chi connectivity index (χ2v) is 7.97. The van der Waals surface area contributed by atoms with Crippen molar-refractivity contribution in [3.8, 4) is 0 Å². The van der Waals surface area contributed by atoms with Gasteiger partial charge in [-0.15, -0.1) is 4.40 Å². The highest BCUT2D eigenvalue weighted by atomic mass is 32.2. The first-order valence-corrected chi connectivity index (χ1v) is 9.65. The first-order chi connectivity index (χ1) is 12.2. The minimum atomic E-state index is -3.78. The van der Waals surface area contributed by atoms with E-state index in [1.165, 1.54) is 6.92 Å². The number of rotatable bonds is 3. The maximum atomic E-state index is 12.6. The minimum Gasteiger partial charge on any atom is -0.339 e. The Morgan fingerprint density at radius 2 is 1.73 bits per heavy atom. The SMILES string of the molecule is CC(=O)c1cccc(NC2=NS(=O)(=O)C(c3ccc(C)c(C)c3)=C2C)c1. The molecule has 134 valence electrons. The van der Waals surface area contributed by atoms with E-state index in [2.05, 4.69) is 9.71 Å². The third-order valence-electron chi connectivity index (χ3n) is 4.47. The predicted molar refractivity (Wildman–Crippen MR) is 105 cm³/mol. The van der Waals surface area contributed by atoms with Crippen LogP contribution in [-0.4, -0.2) is 20.0 Å². The van der Waals surface area contributed by atoms with Crippen molar-refractivity contribution in [1.82, 2.24) is 0 Å². The number of hydrogen-bond donors (Lipinski definition) is 1. The lowest BCUT2D eigenvalue weighted by molar-refractivity contribution is 0.101. The Morgan fingerprint density at radius 3 is 2.38 bits per heavy atom. The summed E-state index contributed by atoms with van der Waals surface area (Å²) in [4.78, 5) is 11.7. The van der Waals surface area contributed by atoms with Crippen molar-refractivity contribution in [1.29, 1.82) is 0 Å². The summed E-state index contributed by atoms with van der Waals surface area (Å²) in [6, 6.07) is 12.5. The van der Waals surface area contributed by atoms with E-state index in [1.54, 1.807) is 37.3 Å². The molecule has 1 N–H and O–H groups in total. The van der Waals surface area contributed by atoms with E-state index in [4.69, 9.17) is 0 Å². The van der Waals surface area contributed by atoms with Gasteiger partial charge in [0, 0.05) is 16.8 Å². The Kier molecular flexibility index (Phi) is 4.54. The molecule has 26 heavy (non-hydrogen) atoms. The lowest BCUT2D eigenvalue weighted by atomic mass is 10.0. The molecule has 0 fully saturated rings. The quantitative estimate of drug-likeness (QED) is 0.828. The molecular formula is C20H20N2O3S. The molecule has 0 saturated heterocycles. The summed E-state index contributed by atoms with van der Waals surface area (Å²) in [5, 5.41) is 3.03. The maximum absolute atomic E-state index is 12.6. The molecule has 0 saturated carbocycles. The average molecular weight is 368 g/mol. The molecule has 0 bridgehead atoms. The van der Waals surface area contributed by atoms with Crippen molar-refractivity contribution >= 4 is 32.2 Å². The molecule has 6 heteroatoms. The summed E-state index contributed by atoms with van der Waals surface area (Å²) in [5.74, 6) is 0.219. The molecule has 0 radical (unpaired) electrons. The van der Waals surface area contributed by atoms with Crippen molar-refractivity contribution in [3.05, 3.63) is 70.3 Å². The summed E-state index contributed by atoms with van der Waals surface area (Å²) < 4.78 is 29.1. The largest absolute Gasteiger partial charge is 0.339 e. The summed E-state index contributed by atoms with van der Waals surface area (Å²) in [6.45, 7) is 7.15. The molecule has 0 atom stereocenters. The van der Waals surface area contributed by atoms with Gasteiger partial charge in [-0.2, -0.15) is 8.42 Å². The maximum Gasteiger partial charge on any atom is 0.285 e. The number of benzene rings is 2. The lowest BCUT2D eigenvalue weighted by Gasteiger charge is -2.09. The second-order valence-electron chi connectivity index (χ2n) is 6.43. The number of ketones is 1. The Labute approximate surface area is 153 Å². The van der Waals surface area contributed by atoms with E-state index in [1.807, 2.05) is 26.0 Å². The van der Waals surface area contributed by atoms with Crippen LogP contribution in [0.15, 0.2) is 52.4 Å². The first kappa shape index (κ1) is 18.1. The minimum absolute atomic E-state index is 0.0577. The van der Waals surface area contributed by atoms with Gasteiger partial charge in [0.1, 0.15) is 10.7 Å². The molecular weight excluding hydrogens is 348 g/mol. The molecule has 1 aliphatic heterocycles. The smallest absolute Gasteiger partial charge is 0.285 e. The average Bonchev–Trinajstić information content (AvgIpc) is 2.79. The van der Waals surface area contributed by atoms with Crippen LogP contribution in [-0.2, 0) is 10.0 Å². The zero-order valence-electron chi connectivity index (χ0n) is 15.1. The van der Waals surface area contributed by atoms with Gasteiger partial charge in [-0.1, -0.05) is 30.3 Å². The fraction of sp³-hybridized carbons (Fsp3) is 0.200. The lowest BCUT2D eigenvalue weighted by Crippen LogP contribution is -2.11. The van der Waals surface area contributed by atoms with Crippen LogP contribution in [0.4, 0.5) is 5.69 Å². The van der Waals surface area contributed by atoms with Gasteiger partial charge in [-0.3, -0.25) is 4.79 Å². The van der Waals surface area contributed by atoms with Crippen molar-refractivity contribution in [2.45, 2.75) is 27.7 Å². The highest BCUT2D eigenvalue weighted by Gasteiger charge is 2.31. The fourth-order valence-corrected chi connectivity index (χ4v) is 4.28. The first-order valence-electron chi connectivity index (χ1n) is 8.21. The van der Waals surface area contributed by atoms with Crippen LogP contribution in [0.5, 0.6) is 0 Å². The van der Waals surface area contributed by atoms with Crippen LogP contribution in [0.25, 0.3) is 4.91 Å². The molecule has 3 rings (SSSR count). The van der Waals surface area contributed by atoms with E-state index < -0.39 is 10.0 Å². The number of amidine groups is 1. The van der Waals surface area contributed by atoms with Crippen LogP contribution in [0.1, 0.15) is 40.9 Å². The van der Waals surface area contributed by atoms with E-state index in [9.17, 15) is 13.2 Å². The number of nitrogens with zero attached hydrogens (tertiary/aromatic N) is 1. The Morgan fingerprint density at radius 1 is 1.00 bits per heavy atom.